The fourth-order valence-electron chi connectivity index (χ4n) is 2.56. The standard InChI is InChI=1S/C12H21N3O/c16-9-8-15(10-11-6-7-13-14-11)12-4-2-1-3-5-12/h6-7,12,16H,1-5,8-10H2,(H,13,14). The van der Waals surface area contributed by atoms with Gasteiger partial charge in [-0.1, -0.05) is 19.3 Å². The van der Waals surface area contributed by atoms with Crippen molar-refractivity contribution in [3.8, 4) is 0 Å². The number of aromatic nitrogens is 2. The Morgan fingerprint density at radius 2 is 2.19 bits per heavy atom. The van der Waals surface area contributed by atoms with Gasteiger partial charge in [0.25, 0.3) is 0 Å². The summed E-state index contributed by atoms with van der Waals surface area (Å²) in [6.07, 6.45) is 8.36. The maximum absolute atomic E-state index is 9.13. The monoisotopic (exact) mass is 223 g/mol. The highest BCUT2D eigenvalue weighted by Crippen LogP contribution is 2.23. The number of aromatic amines is 1. The van der Waals surface area contributed by atoms with Crippen LogP contribution in [0.2, 0.25) is 0 Å². The predicted octanol–water partition coefficient (Wildman–Crippen LogP) is 1.54. The lowest BCUT2D eigenvalue weighted by Gasteiger charge is -2.33. The molecule has 0 spiro atoms. The number of H-pyrrole nitrogens is 1. The molecule has 0 unspecified atom stereocenters. The number of nitrogens with zero attached hydrogens (tertiary/aromatic N) is 2. The van der Waals surface area contributed by atoms with Crippen LogP contribution in [0.3, 0.4) is 0 Å². The lowest BCUT2D eigenvalue weighted by molar-refractivity contribution is 0.116. The summed E-state index contributed by atoms with van der Waals surface area (Å²) in [5, 5.41) is 16.1. The van der Waals surface area contributed by atoms with Gasteiger partial charge in [0.1, 0.15) is 0 Å². The fraction of sp³-hybridized carbons (Fsp3) is 0.750. The summed E-state index contributed by atoms with van der Waals surface area (Å²) < 4.78 is 0. The molecule has 1 aliphatic rings. The molecule has 2 N–H and O–H groups in total. The van der Waals surface area contributed by atoms with Gasteiger partial charge in [0, 0.05) is 31.0 Å². The van der Waals surface area contributed by atoms with Crippen LogP contribution in [0.4, 0.5) is 0 Å². The van der Waals surface area contributed by atoms with Crippen molar-refractivity contribution in [3.63, 3.8) is 0 Å². The van der Waals surface area contributed by atoms with Gasteiger partial charge in [0.15, 0.2) is 0 Å². The highest BCUT2D eigenvalue weighted by atomic mass is 16.3. The van der Waals surface area contributed by atoms with E-state index in [0.29, 0.717) is 6.04 Å². The second-order valence-corrected chi connectivity index (χ2v) is 4.57. The molecule has 0 saturated heterocycles. The molecule has 0 aromatic carbocycles. The van der Waals surface area contributed by atoms with Crippen molar-refractivity contribution in [2.45, 2.75) is 44.7 Å². The zero-order valence-electron chi connectivity index (χ0n) is 9.73. The second kappa shape index (κ2) is 6.01. The molecule has 1 aromatic rings. The molecule has 1 heterocycles. The SMILES string of the molecule is OCCN(Cc1ccn[nH]1)C1CCCCC1. The van der Waals surface area contributed by atoms with Gasteiger partial charge >= 0.3 is 0 Å². The van der Waals surface area contributed by atoms with Crippen LogP contribution in [0.15, 0.2) is 12.3 Å². The van der Waals surface area contributed by atoms with Crippen LogP contribution >= 0.6 is 0 Å². The Bertz CT molecular complexity index is 280. The zero-order valence-corrected chi connectivity index (χ0v) is 9.73. The molecule has 90 valence electrons. The van der Waals surface area contributed by atoms with Crippen molar-refractivity contribution in [1.29, 1.82) is 0 Å². The minimum atomic E-state index is 0.241. The van der Waals surface area contributed by atoms with E-state index in [1.165, 1.54) is 32.1 Å². The van der Waals surface area contributed by atoms with Crippen LogP contribution in [-0.2, 0) is 6.54 Å². The quantitative estimate of drug-likeness (QED) is 0.796. The number of aliphatic hydroxyl groups excluding tert-OH is 1. The van der Waals surface area contributed by atoms with Crippen molar-refractivity contribution < 1.29 is 5.11 Å². The van der Waals surface area contributed by atoms with Gasteiger partial charge in [0.05, 0.1) is 6.61 Å². The summed E-state index contributed by atoms with van der Waals surface area (Å²) >= 11 is 0. The van der Waals surface area contributed by atoms with Gasteiger partial charge in [0.2, 0.25) is 0 Å². The van der Waals surface area contributed by atoms with Crippen LogP contribution in [0, 0.1) is 0 Å². The Kier molecular flexibility index (Phi) is 4.36. The summed E-state index contributed by atoms with van der Waals surface area (Å²) in [4.78, 5) is 2.38. The average molecular weight is 223 g/mol. The first-order chi connectivity index (χ1) is 7.90. The van der Waals surface area contributed by atoms with E-state index in [9.17, 15) is 0 Å². The zero-order chi connectivity index (χ0) is 11.2. The molecule has 4 nitrogen and oxygen atoms in total. The molecule has 1 fully saturated rings. The largest absolute Gasteiger partial charge is 0.395 e. The van der Waals surface area contributed by atoms with E-state index < -0.39 is 0 Å². The van der Waals surface area contributed by atoms with Gasteiger partial charge in [-0.3, -0.25) is 10.00 Å². The van der Waals surface area contributed by atoms with E-state index in [4.69, 9.17) is 5.11 Å². The van der Waals surface area contributed by atoms with Crippen molar-refractivity contribution in [1.82, 2.24) is 15.1 Å². The molecule has 0 amide bonds. The summed E-state index contributed by atoms with van der Waals surface area (Å²) in [6.45, 7) is 1.89. The molecular weight excluding hydrogens is 202 g/mol. The van der Waals surface area contributed by atoms with E-state index in [2.05, 4.69) is 15.1 Å². The third kappa shape index (κ3) is 3.06. The Labute approximate surface area is 96.7 Å². The van der Waals surface area contributed by atoms with Crippen LogP contribution in [0.5, 0.6) is 0 Å². The van der Waals surface area contributed by atoms with Crippen LogP contribution < -0.4 is 0 Å². The number of nitrogens with one attached hydrogen (secondary N) is 1. The highest BCUT2D eigenvalue weighted by molar-refractivity contribution is 4.97. The highest BCUT2D eigenvalue weighted by Gasteiger charge is 2.20. The lowest BCUT2D eigenvalue weighted by atomic mass is 9.94. The Balaban J connectivity index is 1.92. The van der Waals surface area contributed by atoms with Gasteiger partial charge in [-0.15, -0.1) is 0 Å². The Morgan fingerprint density at radius 3 is 2.81 bits per heavy atom. The number of hydrogen-bond acceptors (Lipinski definition) is 3. The molecule has 0 atom stereocenters. The number of aliphatic hydroxyl groups is 1. The summed E-state index contributed by atoms with van der Waals surface area (Å²) in [7, 11) is 0. The fourth-order valence-corrected chi connectivity index (χ4v) is 2.56. The van der Waals surface area contributed by atoms with E-state index in [0.717, 1.165) is 18.8 Å². The molecule has 0 radical (unpaired) electrons. The maximum atomic E-state index is 9.13. The Morgan fingerprint density at radius 1 is 1.38 bits per heavy atom. The van der Waals surface area contributed by atoms with Crippen molar-refractivity contribution in [2.24, 2.45) is 0 Å². The first-order valence-corrected chi connectivity index (χ1v) is 6.23. The van der Waals surface area contributed by atoms with Crippen LogP contribution in [0.25, 0.3) is 0 Å². The topological polar surface area (TPSA) is 52.1 Å². The summed E-state index contributed by atoms with van der Waals surface area (Å²) in [5.74, 6) is 0. The molecule has 1 aliphatic carbocycles. The number of rotatable bonds is 5. The minimum absolute atomic E-state index is 0.241. The summed E-state index contributed by atoms with van der Waals surface area (Å²) in [6, 6.07) is 2.65. The molecule has 4 heteroatoms. The molecule has 1 aromatic heterocycles. The van der Waals surface area contributed by atoms with E-state index in [-0.39, 0.29) is 6.61 Å². The molecule has 2 rings (SSSR count). The van der Waals surface area contributed by atoms with E-state index >= 15 is 0 Å². The van der Waals surface area contributed by atoms with Gasteiger partial charge < -0.3 is 5.11 Å². The predicted molar refractivity (Wildman–Crippen MR) is 63.0 cm³/mol. The molecular formula is C12H21N3O. The third-order valence-corrected chi connectivity index (χ3v) is 3.41. The van der Waals surface area contributed by atoms with Gasteiger partial charge in [-0.05, 0) is 18.9 Å². The van der Waals surface area contributed by atoms with Gasteiger partial charge in [-0.2, -0.15) is 5.10 Å². The van der Waals surface area contributed by atoms with E-state index in [1.54, 1.807) is 6.20 Å². The van der Waals surface area contributed by atoms with Crippen molar-refractivity contribution in [3.05, 3.63) is 18.0 Å². The number of hydrogen-bond donors (Lipinski definition) is 2. The lowest BCUT2D eigenvalue weighted by Crippen LogP contribution is -2.38. The smallest absolute Gasteiger partial charge is 0.0558 e. The van der Waals surface area contributed by atoms with Crippen LogP contribution in [0.1, 0.15) is 37.8 Å². The Hall–Kier alpha value is -0.870. The van der Waals surface area contributed by atoms with Crippen molar-refractivity contribution in [2.75, 3.05) is 13.2 Å². The van der Waals surface area contributed by atoms with Crippen LogP contribution in [-0.4, -0.2) is 39.4 Å². The minimum Gasteiger partial charge on any atom is -0.395 e. The first-order valence-electron chi connectivity index (χ1n) is 6.23. The molecule has 1 saturated carbocycles. The third-order valence-electron chi connectivity index (χ3n) is 3.41. The van der Waals surface area contributed by atoms with E-state index in [1.807, 2.05) is 6.07 Å². The molecule has 16 heavy (non-hydrogen) atoms. The molecule has 0 bridgehead atoms. The molecule has 0 aliphatic heterocycles. The van der Waals surface area contributed by atoms with Crippen molar-refractivity contribution >= 4 is 0 Å². The second-order valence-electron chi connectivity index (χ2n) is 4.57. The summed E-state index contributed by atoms with van der Waals surface area (Å²) in [5.41, 5.74) is 1.14. The van der Waals surface area contributed by atoms with Gasteiger partial charge in [-0.25, -0.2) is 0 Å². The average Bonchev–Trinajstić information content (AvgIpc) is 2.83. The maximum Gasteiger partial charge on any atom is 0.0558 e. The first kappa shape index (κ1) is 11.6. The normalized spacial score (nSPS) is 18.1.